The summed E-state index contributed by atoms with van der Waals surface area (Å²) in [6.45, 7) is 0.412. The van der Waals surface area contributed by atoms with Crippen LogP contribution in [0.25, 0.3) is 0 Å². The van der Waals surface area contributed by atoms with Crippen molar-refractivity contribution < 1.29 is 14.7 Å². The zero-order valence-corrected chi connectivity index (χ0v) is 9.81. The Morgan fingerprint density at radius 2 is 2.35 bits per heavy atom. The first kappa shape index (κ1) is 10.5. The lowest BCUT2D eigenvalue weighted by atomic mass is 10.1. The molecule has 0 saturated carbocycles. The Morgan fingerprint density at radius 3 is 3.00 bits per heavy atom. The molecule has 1 aromatic heterocycles. The van der Waals surface area contributed by atoms with Crippen LogP contribution in [0.4, 0.5) is 0 Å². The van der Waals surface area contributed by atoms with Gasteiger partial charge in [0, 0.05) is 6.54 Å². The van der Waals surface area contributed by atoms with E-state index in [-0.39, 0.29) is 17.9 Å². The molecule has 0 aromatic carbocycles. The molecule has 2 heterocycles. The Labute approximate surface area is 102 Å². The Kier molecular flexibility index (Phi) is 2.29. The van der Waals surface area contributed by atoms with Crippen molar-refractivity contribution in [1.82, 2.24) is 4.90 Å². The smallest absolute Gasteiger partial charge is 0.346 e. The number of hydrogen-bond donors (Lipinski definition) is 1. The molecule has 1 N–H and O–H groups in total. The van der Waals surface area contributed by atoms with Crippen LogP contribution in [0.15, 0.2) is 23.6 Å². The van der Waals surface area contributed by atoms with Crippen molar-refractivity contribution in [3.63, 3.8) is 0 Å². The van der Waals surface area contributed by atoms with Crippen LogP contribution in [0.2, 0.25) is 0 Å². The molecule has 2 unspecified atom stereocenters. The molecular weight excluding hydrogens is 238 g/mol. The van der Waals surface area contributed by atoms with Gasteiger partial charge in [0.15, 0.2) is 0 Å². The third kappa shape index (κ3) is 1.58. The molecule has 1 fully saturated rings. The molecule has 17 heavy (non-hydrogen) atoms. The highest BCUT2D eigenvalue weighted by Crippen LogP contribution is 2.34. The SMILES string of the molecule is O=C(O)c1sccc1CN1C(=O)C2C=CC1C2. The molecule has 1 aliphatic heterocycles. The first-order chi connectivity index (χ1) is 8.16. The van der Waals surface area contributed by atoms with Crippen molar-refractivity contribution >= 4 is 23.2 Å². The lowest BCUT2D eigenvalue weighted by Gasteiger charge is -2.23. The van der Waals surface area contributed by atoms with E-state index in [0.29, 0.717) is 11.4 Å². The number of rotatable bonds is 3. The summed E-state index contributed by atoms with van der Waals surface area (Å²) in [5.74, 6) is -0.769. The van der Waals surface area contributed by atoms with Crippen molar-refractivity contribution in [2.75, 3.05) is 0 Å². The van der Waals surface area contributed by atoms with Crippen LogP contribution in [-0.4, -0.2) is 27.9 Å². The van der Waals surface area contributed by atoms with Gasteiger partial charge in [-0.1, -0.05) is 12.2 Å². The summed E-state index contributed by atoms with van der Waals surface area (Å²) in [5.41, 5.74) is 0.733. The number of carboxylic acids is 1. The average Bonchev–Trinajstić information content (AvgIpc) is 2.97. The lowest BCUT2D eigenvalue weighted by molar-refractivity contribution is -0.131. The van der Waals surface area contributed by atoms with E-state index < -0.39 is 5.97 Å². The minimum absolute atomic E-state index is 0.0203. The van der Waals surface area contributed by atoms with E-state index in [1.165, 1.54) is 11.3 Å². The van der Waals surface area contributed by atoms with Gasteiger partial charge in [0.05, 0.1) is 12.0 Å². The van der Waals surface area contributed by atoms with Gasteiger partial charge in [-0.05, 0) is 23.4 Å². The largest absolute Gasteiger partial charge is 0.477 e. The van der Waals surface area contributed by atoms with Crippen LogP contribution in [0.3, 0.4) is 0 Å². The summed E-state index contributed by atoms with van der Waals surface area (Å²) in [6.07, 6.45) is 4.85. The molecule has 2 bridgehead atoms. The van der Waals surface area contributed by atoms with Gasteiger partial charge in [-0.2, -0.15) is 0 Å². The quantitative estimate of drug-likeness (QED) is 0.830. The van der Waals surface area contributed by atoms with E-state index >= 15 is 0 Å². The van der Waals surface area contributed by atoms with Gasteiger partial charge in [-0.3, -0.25) is 4.79 Å². The molecule has 2 aliphatic rings. The number of carbonyl (C=O) groups is 2. The van der Waals surface area contributed by atoms with E-state index in [0.717, 1.165) is 12.0 Å². The monoisotopic (exact) mass is 249 g/mol. The Hall–Kier alpha value is -1.62. The van der Waals surface area contributed by atoms with Crippen molar-refractivity contribution in [2.24, 2.45) is 5.92 Å². The number of carboxylic acid groups (broad SMARTS) is 1. The van der Waals surface area contributed by atoms with Crippen molar-refractivity contribution in [1.29, 1.82) is 0 Å². The standard InChI is InChI=1S/C12H11NO3S/c14-11-7-1-2-9(5-7)13(11)6-8-3-4-17-10(8)12(15)16/h1-4,7,9H,5-6H2,(H,15,16). The van der Waals surface area contributed by atoms with Gasteiger partial charge in [0.25, 0.3) is 0 Å². The van der Waals surface area contributed by atoms with E-state index in [1.807, 2.05) is 12.2 Å². The number of nitrogens with zero attached hydrogens (tertiary/aromatic N) is 1. The molecule has 4 nitrogen and oxygen atoms in total. The summed E-state index contributed by atoms with van der Waals surface area (Å²) in [6, 6.07) is 1.95. The van der Waals surface area contributed by atoms with Crippen molar-refractivity contribution in [2.45, 2.75) is 19.0 Å². The van der Waals surface area contributed by atoms with Crippen molar-refractivity contribution in [3.05, 3.63) is 34.0 Å². The Balaban J connectivity index is 1.84. The molecule has 3 rings (SSSR count). The van der Waals surface area contributed by atoms with Crippen LogP contribution in [-0.2, 0) is 11.3 Å². The van der Waals surface area contributed by atoms with Crippen LogP contribution in [0.5, 0.6) is 0 Å². The lowest BCUT2D eigenvalue weighted by Crippen LogP contribution is -2.34. The second-order valence-electron chi connectivity index (χ2n) is 4.34. The van der Waals surface area contributed by atoms with Gasteiger partial charge in [-0.25, -0.2) is 4.79 Å². The maximum absolute atomic E-state index is 11.9. The number of fused-ring (bicyclic) bond motifs is 2. The number of hydrogen-bond acceptors (Lipinski definition) is 3. The molecule has 5 heteroatoms. The normalized spacial score (nSPS) is 25.9. The maximum Gasteiger partial charge on any atom is 0.346 e. The fraction of sp³-hybridized carbons (Fsp3) is 0.333. The highest BCUT2D eigenvalue weighted by atomic mass is 32.1. The number of carbonyl (C=O) groups excluding carboxylic acids is 1. The van der Waals surface area contributed by atoms with Gasteiger partial charge in [-0.15, -0.1) is 11.3 Å². The van der Waals surface area contributed by atoms with E-state index in [1.54, 1.807) is 16.3 Å². The fourth-order valence-corrected chi connectivity index (χ4v) is 3.25. The predicted molar refractivity (Wildman–Crippen MR) is 62.9 cm³/mol. The zero-order chi connectivity index (χ0) is 12.0. The highest BCUT2D eigenvalue weighted by molar-refractivity contribution is 7.12. The second-order valence-corrected chi connectivity index (χ2v) is 5.26. The highest BCUT2D eigenvalue weighted by Gasteiger charge is 2.41. The van der Waals surface area contributed by atoms with Gasteiger partial charge in [0.1, 0.15) is 4.88 Å². The number of likely N-dealkylation sites (tertiary alicyclic amines) is 1. The molecule has 1 amide bonds. The van der Waals surface area contributed by atoms with Gasteiger partial charge in [0.2, 0.25) is 5.91 Å². The van der Waals surface area contributed by atoms with E-state index in [2.05, 4.69) is 0 Å². The minimum atomic E-state index is -0.914. The van der Waals surface area contributed by atoms with Gasteiger partial charge >= 0.3 is 5.97 Å². The van der Waals surface area contributed by atoms with Crippen LogP contribution in [0, 0.1) is 5.92 Å². The predicted octanol–water partition coefficient (Wildman–Crippen LogP) is 1.73. The number of amides is 1. The summed E-state index contributed by atoms with van der Waals surface area (Å²) < 4.78 is 0. The summed E-state index contributed by atoms with van der Waals surface area (Å²) in [7, 11) is 0. The zero-order valence-electron chi connectivity index (χ0n) is 9.00. The molecule has 1 aliphatic carbocycles. The summed E-state index contributed by atoms with van der Waals surface area (Å²) >= 11 is 1.21. The average molecular weight is 249 g/mol. The second kappa shape index (κ2) is 3.70. The maximum atomic E-state index is 11.9. The van der Waals surface area contributed by atoms with Crippen LogP contribution in [0.1, 0.15) is 21.7 Å². The molecule has 88 valence electrons. The number of thiophene rings is 1. The first-order valence-corrected chi connectivity index (χ1v) is 6.33. The summed E-state index contributed by atoms with van der Waals surface area (Å²) in [5, 5.41) is 10.8. The molecule has 0 spiro atoms. The first-order valence-electron chi connectivity index (χ1n) is 5.45. The van der Waals surface area contributed by atoms with Crippen molar-refractivity contribution in [3.8, 4) is 0 Å². The Bertz CT molecular complexity index is 520. The number of aromatic carboxylic acids is 1. The van der Waals surface area contributed by atoms with Gasteiger partial charge < -0.3 is 10.0 Å². The summed E-state index contributed by atoms with van der Waals surface area (Å²) in [4.78, 5) is 25.0. The van der Waals surface area contributed by atoms with Crippen LogP contribution >= 0.6 is 11.3 Å². The molecule has 2 atom stereocenters. The Morgan fingerprint density at radius 1 is 1.53 bits per heavy atom. The molecule has 1 aromatic rings. The molecular formula is C12H11NO3S. The topological polar surface area (TPSA) is 57.6 Å². The van der Waals surface area contributed by atoms with E-state index in [9.17, 15) is 9.59 Å². The molecule has 0 radical (unpaired) electrons. The minimum Gasteiger partial charge on any atom is -0.477 e. The van der Waals surface area contributed by atoms with E-state index in [4.69, 9.17) is 5.11 Å². The molecule has 1 saturated heterocycles. The van der Waals surface area contributed by atoms with Crippen LogP contribution < -0.4 is 0 Å². The fourth-order valence-electron chi connectivity index (χ4n) is 2.50. The third-order valence-electron chi connectivity index (χ3n) is 3.34. The third-order valence-corrected chi connectivity index (χ3v) is 4.29.